The normalized spacial score (nSPS) is 12.8. The van der Waals surface area contributed by atoms with Gasteiger partial charge in [-0.15, -0.1) is 0 Å². The first-order chi connectivity index (χ1) is 20.9. The summed E-state index contributed by atoms with van der Waals surface area (Å²) < 4.78 is 58.6. The number of amides is 1. The maximum Gasteiger partial charge on any atom is 0.326 e. The van der Waals surface area contributed by atoms with Gasteiger partial charge in [0.15, 0.2) is 0 Å². The number of nitrogens with zero attached hydrogens (tertiary/aromatic N) is 2. The summed E-state index contributed by atoms with van der Waals surface area (Å²) in [5, 5.41) is 12.1. The zero-order valence-corrected chi connectivity index (χ0v) is 25.1. The quantitative estimate of drug-likeness (QED) is 0.212. The summed E-state index contributed by atoms with van der Waals surface area (Å²) >= 11 is 0. The number of benzene rings is 3. The van der Waals surface area contributed by atoms with E-state index in [2.05, 4.69) is 10.3 Å². The molecule has 0 bridgehead atoms. The fourth-order valence-electron chi connectivity index (χ4n) is 4.65. The van der Waals surface area contributed by atoms with E-state index in [0.29, 0.717) is 36.1 Å². The molecule has 0 saturated heterocycles. The lowest BCUT2D eigenvalue weighted by Gasteiger charge is -2.22. The summed E-state index contributed by atoms with van der Waals surface area (Å²) in [6.45, 7) is 0. The van der Waals surface area contributed by atoms with Crippen LogP contribution in [-0.4, -0.2) is 53.0 Å². The molecule has 4 aromatic rings. The molecule has 0 fully saturated rings. The van der Waals surface area contributed by atoms with Gasteiger partial charge < -0.3 is 19.7 Å². The van der Waals surface area contributed by atoms with E-state index in [-0.39, 0.29) is 17.8 Å². The number of carbonyl (C=O) groups excluding carboxylic acids is 1. The van der Waals surface area contributed by atoms with Crippen LogP contribution in [0.15, 0.2) is 79.3 Å². The van der Waals surface area contributed by atoms with Gasteiger partial charge in [0.1, 0.15) is 39.4 Å². The summed E-state index contributed by atoms with van der Waals surface area (Å²) in [4.78, 5) is 29.6. The second-order valence-corrected chi connectivity index (χ2v) is 12.8. The number of imidazole rings is 1. The van der Waals surface area contributed by atoms with Crippen LogP contribution in [-0.2, 0) is 40.9 Å². The topological polar surface area (TPSA) is 128 Å². The van der Waals surface area contributed by atoms with Crippen LogP contribution in [0.5, 0.6) is 5.75 Å². The molecule has 0 aliphatic carbocycles. The molecule has 0 radical (unpaired) electrons. The number of carbonyl (C=O) groups is 2. The largest absolute Gasteiger partial charge is 0.485 e. The molecule has 1 amide bonds. The Morgan fingerprint density at radius 3 is 2.25 bits per heavy atom. The van der Waals surface area contributed by atoms with Crippen molar-refractivity contribution in [3.63, 3.8) is 0 Å². The zero-order chi connectivity index (χ0) is 31.9. The Bertz CT molecular complexity index is 1710. The lowest BCUT2D eigenvalue weighted by atomic mass is 9.98. The highest BCUT2D eigenvalue weighted by atomic mass is 32.2. The maximum atomic E-state index is 13.7. The van der Waals surface area contributed by atoms with Gasteiger partial charge in [-0.1, -0.05) is 30.3 Å². The minimum absolute atomic E-state index is 0.147. The number of sulfone groups is 1. The Balaban J connectivity index is 1.65. The zero-order valence-electron chi connectivity index (χ0n) is 24.2. The SMILES string of the molecule is Cn1cncc1CC(Oc1ccc(CCc2ccc(F)cc2)c(C(=O)NC(CCS(C)(=O)=O)C(=O)O)c1)c1ccc(F)cc1. The lowest BCUT2D eigenvalue weighted by Crippen LogP contribution is -2.42. The minimum Gasteiger partial charge on any atom is -0.485 e. The van der Waals surface area contributed by atoms with Crippen molar-refractivity contribution in [2.24, 2.45) is 7.05 Å². The van der Waals surface area contributed by atoms with Gasteiger partial charge in [0.25, 0.3) is 5.91 Å². The third-order valence-electron chi connectivity index (χ3n) is 7.13. The standard InChI is InChI=1S/C32H33F2N3O6S/c1-37-20-35-19-26(37)17-30(23-7-12-25(34)13-8-23)43-27-14-9-22(6-3-21-4-10-24(33)11-5-21)28(18-27)31(38)36-29(32(39)40)15-16-44(2,41)42/h4-5,7-14,18-20,29-30H,3,6,15-17H2,1-2H3,(H,36,38)(H,39,40). The van der Waals surface area contributed by atoms with Crippen LogP contribution in [0.3, 0.4) is 0 Å². The van der Waals surface area contributed by atoms with Gasteiger partial charge in [0.2, 0.25) is 0 Å². The van der Waals surface area contributed by atoms with Crippen LogP contribution in [0.25, 0.3) is 0 Å². The smallest absolute Gasteiger partial charge is 0.326 e. The van der Waals surface area contributed by atoms with Gasteiger partial charge in [0, 0.05) is 37.2 Å². The monoisotopic (exact) mass is 625 g/mol. The Labute approximate surface area is 254 Å². The van der Waals surface area contributed by atoms with Crippen LogP contribution >= 0.6 is 0 Å². The molecular formula is C32H33F2N3O6S. The van der Waals surface area contributed by atoms with E-state index in [1.807, 2.05) is 11.6 Å². The third kappa shape index (κ3) is 9.21. The Kier molecular flexibility index (Phi) is 10.5. The number of ether oxygens (including phenoxy) is 1. The summed E-state index contributed by atoms with van der Waals surface area (Å²) in [6.07, 6.45) is 4.65. The number of carboxylic acids is 1. The number of nitrogens with one attached hydrogen (secondary N) is 1. The minimum atomic E-state index is -3.47. The van der Waals surface area contributed by atoms with Crippen molar-refractivity contribution in [1.29, 1.82) is 0 Å². The molecule has 0 saturated carbocycles. The molecule has 44 heavy (non-hydrogen) atoms. The first kappa shape index (κ1) is 32.3. The predicted molar refractivity (Wildman–Crippen MR) is 160 cm³/mol. The van der Waals surface area contributed by atoms with Gasteiger partial charge in [-0.2, -0.15) is 0 Å². The molecule has 9 nitrogen and oxygen atoms in total. The number of aryl methyl sites for hydroxylation is 3. The van der Waals surface area contributed by atoms with E-state index >= 15 is 0 Å². The van der Waals surface area contributed by atoms with Crippen LogP contribution in [0.4, 0.5) is 8.78 Å². The molecule has 2 atom stereocenters. The average molecular weight is 626 g/mol. The van der Waals surface area contributed by atoms with Gasteiger partial charge >= 0.3 is 5.97 Å². The number of rotatable bonds is 14. The maximum absolute atomic E-state index is 13.7. The first-order valence-corrected chi connectivity index (χ1v) is 15.9. The van der Waals surface area contributed by atoms with Crippen LogP contribution in [0.1, 0.15) is 45.3 Å². The van der Waals surface area contributed by atoms with Gasteiger partial charge in [-0.25, -0.2) is 27.0 Å². The van der Waals surface area contributed by atoms with Crippen molar-refractivity contribution >= 4 is 21.7 Å². The first-order valence-electron chi connectivity index (χ1n) is 13.8. The Hall–Kier alpha value is -4.58. The summed E-state index contributed by atoms with van der Waals surface area (Å²) in [7, 11) is -1.63. The van der Waals surface area contributed by atoms with Crippen molar-refractivity contribution in [1.82, 2.24) is 14.9 Å². The van der Waals surface area contributed by atoms with Gasteiger partial charge in [-0.3, -0.25) is 4.79 Å². The van der Waals surface area contributed by atoms with Crippen LogP contribution in [0.2, 0.25) is 0 Å². The fourth-order valence-corrected chi connectivity index (χ4v) is 5.32. The molecule has 2 unspecified atom stereocenters. The van der Waals surface area contributed by atoms with Gasteiger partial charge in [-0.05, 0) is 72.4 Å². The highest BCUT2D eigenvalue weighted by Gasteiger charge is 2.25. The Morgan fingerprint density at radius 2 is 1.66 bits per heavy atom. The molecule has 1 heterocycles. The fraction of sp³-hybridized carbons (Fsp3) is 0.281. The van der Waals surface area contributed by atoms with Crippen molar-refractivity contribution in [3.8, 4) is 5.75 Å². The molecule has 232 valence electrons. The molecule has 4 rings (SSSR count). The summed E-state index contributed by atoms with van der Waals surface area (Å²) in [5.41, 5.74) is 3.10. The highest BCUT2D eigenvalue weighted by molar-refractivity contribution is 7.90. The third-order valence-corrected chi connectivity index (χ3v) is 8.11. The number of hydrogen-bond acceptors (Lipinski definition) is 6. The average Bonchev–Trinajstić information content (AvgIpc) is 3.38. The molecule has 1 aromatic heterocycles. The van der Waals surface area contributed by atoms with Crippen molar-refractivity contribution in [3.05, 3.63) is 119 Å². The second-order valence-electron chi connectivity index (χ2n) is 10.6. The molecule has 12 heteroatoms. The number of carboxylic acid groups (broad SMARTS) is 1. The van der Waals surface area contributed by atoms with E-state index in [1.54, 1.807) is 48.9 Å². The van der Waals surface area contributed by atoms with Crippen LogP contribution < -0.4 is 10.1 Å². The predicted octanol–water partition coefficient (Wildman–Crippen LogP) is 4.46. The molecular weight excluding hydrogens is 592 g/mol. The molecule has 0 spiro atoms. The van der Waals surface area contributed by atoms with E-state index in [1.165, 1.54) is 30.3 Å². The number of aliphatic carboxylic acids is 1. The Morgan fingerprint density at radius 1 is 1.00 bits per heavy atom. The molecule has 0 aliphatic heterocycles. The van der Waals surface area contributed by atoms with Gasteiger partial charge in [0.05, 0.1) is 12.1 Å². The van der Waals surface area contributed by atoms with Crippen LogP contribution in [0, 0.1) is 11.6 Å². The molecule has 3 aromatic carbocycles. The molecule has 0 aliphatic rings. The molecule has 2 N–H and O–H groups in total. The van der Waals surface area contributed by atoms with Crippen molar-refractivity contribution in [2.75, 3.05) is 12.0 Å². The van der Waals surface area contributed by atoms with Crippen molar-refractivity contribution in [2.45, 2.75) is 37.8 Å². The number of halogens is 2. The summed E-state index contributed by atoms with van der Waals surface area (Å²) in [5.74, 6) is -2.96. The van der Waals surface area contributed by atoms with E-state index in [9.17, 15) is 31.9 Å². The summed E-state index contributed by atoms with van der Waals surface area (Å²) in [6, 6.07) is 15.3. The lowest BCUT2D eigenvalue weighted by molar-refractivity contribution is -0.139. The van der Waals surface area contributed by atoms with Crippen molar-refractivity contribution < 1.29 is 36.6 Å². The highest BCUT2D eigenvalue weighted by Crippen LogP contribution is 2.28. The van der Waals surface area contributed by atoms with E-state index in [4.69, 9.17) is 4.74 Å². The number of hydrogen-bond donors (Lipinski definition) is 2. The van der Waals surface area contributed by atoms with E-state index < -0.39 is 45.4 Å². The second kappa shape index (κ2) is 14.3. The number of aromatic nitrogens is 2. The van der Waals surface area contributed by atoms with E-state index in [0.717, 1.165) is 17.5 Å².